The number of hydrogen-bond donors (Lipinski definition) is 2. The maximum absolute atomic E-state index is 5.93. The molecular formula is C12H18BN3O2. The van der Waals surface area contributed by atoms with E-state index in [4.69, 9.17) is 23.2 Å². The van der Waals surface area contributed by atoms with Crippen molar-refractivity contribution in [3.05, 3.63) is 17.8 Å². The van der Waals surface area contributed by atoms with E-state index in [2.05, 4.69) is 10.4 Å². The third-order valence-electron chi connectivity index (χ3n) is 3.58. The first-order valence-corrected chi connectivity index (χ1v) is 5.84. The number of hydrazine groups is 1. The predicted molar refractivity (Wildman–Crippen MR) is 70.5 cm³/mol. The summed E-state index contributed by atoms with van der Waals surface area (Å²) in [6.07, 6.45) is 1.00. The molecule has 0 spiro atoms. The molecule has 3 N–H and O–H groups in total. The number of rotatable bonds is 2. The molecule has 6 heteroatoms. The van der Waals surface area contributed by atoms with Gasteiger partial charge in [-0.2, -0.15) is 0 Å². The predicted octanol–water partition coefficient (Wildman–Crippen LogP) is 0.764. The topological polar surface area (TPSA) is 69.4 Å². The highest BCUT2D eigenvalue weighted by atomic mass is 16.7. The SMILES string of the molecule is [B]c1cnc(NN)c(C2OC(C)(C)C(C)(C)O2)c1. The van der Waals surface area contributed by atoms with Crippen LogP contribution in [0.4, 0.5) is 5.82 Å². The van der Waals surface area contributed by atoms with E-state index in [9.17, 15) is 0 Å². The second-order valence-electron chi connectivity index (χ2n) is 5.44. The fourth-order valence-electron chi connectivity index (χ4n) is 1.77. The highest BCUT2D eigenvalue weighted by Gasteiger charge is 2.50. The normalized spacial score (nSPS) is 22.1. The van der Waals surface area contributed by atoms with E-state index in [1.165, 1.54) is 6.20 Å². The summed E-state index contributed by atoms with van der Waals surface area (Å²) in [4.78, 5) is 4.12. The first-order chi connectivity index (χ1) is 8.27. The number of anilines is 1. The Labute approximate surface area is 108 Å². The van der Waals surface area contributed by atoms with Gasteiger partial charge in [-0.05, 0) is 27.7 Å². The second-order valence-corrected chi connectivity index (χ2v) is 5.44. The fourth-order valence-corrected chi connectivity index (χ4v) is 1.77. The molecule has 96 valence electrons. The lowest BCUT2D eigenvalue weighted by Gasteiger charge is -2.30. The van der Waals surface area contributed by atoms with Gasteiger partial charge in [-0.25, -0.2) is 10.8 Å². The largest absolute Gasteiger partial charge is 0.339 e. The van der Waals surface area contributed by atoms with Crippen molar-refractivity contribution >= 4 is 19.1 Å². The Balaban J connectivity index is 2.37. The van der Waals surface area contributed by atoms with Gasteiger partial charge in [-0.1, -0.05) is 11.5 Å². The molecule has 5 nitrogen and oxygen atoms in total. The average Bonchev–Trinajstić information content (AvgIpc) is 2.48. The van der Waals surface area contributed by atoms with E-state index in [1.807, 2.05) is 27.7 Å². The van der Waals surface area contributed by atoms with Crippen molar-refractivity contribution in [2.24, 2.45) is 5.84 Å². The number of ether oxygens (including phenoxy) is 2. The number of aromatic nitrogens is 1. The first kappa shape index (κ1) is 13.3. The molecular weight excluding hydrogens is 229 g/mol. The minimum Gasteiger partial charge on any atom is -0.339 e. The van der Waals surface area contributed by atoms with Gasteiger partial charge in [0.05, 0.1) is 16.8 Å². The van der Waals surface area contributed by atoms with Crippen molar-refractivity contribution < 1.29 is 9.47 Å². The lowest BCUT2D eigenvalue weighted by molar-refractivity contribution is -0.0892. The Kier molecular flexibility index (Phi) is 3.13. The molecule has 1 aliphatic rings. The molecule has 0 atom stereocenters. The molecule has 0 saturated carbocycles. The van der Waals surface area contributed by atoms with Gasteiger partial charge in [0.25, 0.3) is 0 Å². The monoisotopic (exact) mass is 247 g/mol. The van der Waals surface area contributed by atoms with Crippen LogP contribution in [0.25, 0.3) is 0 Å². The Morgan fingerprint density at radius 1 is 1.28 bits per heavy atom. The molecule has 0 aliphatic carbocycles. The summed E-state index contributed by atoms with van der Waals surface area (Å²) in [7, 11) is 5.74. The number of nitrogens with one attached hydrogen (secondary N) is 1. The molecule has 0 unspecified atom stereocenters. The molecule has 0 bridgehead atoms. The molecule has 1 saturated heterocycles. The van der Waals surface area contributed by atoms with Crippen LogP contribution < -0.4 is 16.7 Å². The van der Waals surface area contributed by atoms with Gasteiger partial charge in [0, 0.05) is 6.20 Å². The highest BCUT2D eigenvalue weighted by molar-refractivity contribution is 6.32. The van der Waals surface area contributed by atoms with E-state index in [0.29, 0.717) is 16.8 Å². The van der Waals surface area contributed by atoms with Crippen molar-refractivity contribution in [2.75, 3.05) is 5.43 Å². The maximum atomic E-state index is 5.93. The zero-order valence-corrected chi connectivity index (χ0v) is 11.2. The summed E-state index contributed by atoms with van der Waals surface area (Å²) < 4.78 is 11.9. The van der Waals surface area contributed by atoms with Crippen LogP contribution in [-0.4, -0.2) is 24.0 Å². The van der Waals surface area contributed by atoms with Crippen molar-refractivity contribution in [3.63, 3.8) is 0 Å². The maximum Gasteiger partial charge on any atom is 0.188 e. The van der Waals surface area contributed by atoms with E-state index in [1.54, 1.807) is 6.07 Å². The molecule has 2 heterocycles. The zero-order chi connectivity index (χ0) is 13.6. The molecule has 1 aromatic rings. The molecule has 1 aromatic heterocycles. The van der Waals surface area contributed by atoms with Crippen LogP contribution in [0.3, 0.4) is 0 Å². The smallest absolute Gasteiger partial charge is 0.188 e. The number of pyridine rings is 1. The van der Waals surface area contributed by atoms with E-state index in [0.717, 1.165) is 0 Å². The van der Waals surface area contributed by atoms with Crippen LogP contribution >= 0.6 is 0 Å². The number of nitrogens with two attached hydrogens (primary N) is 1. The van der Waals surface area contributed by atoms with Gasteiger partial charge in [0.15, 0.2) is 6.29 Å². The Bertz CT molecular complexity index is 447. The summed E-state index contributed by atoms with van der Waals surface area (Å²) in [5, 5.41) is 0. The van der Waals surface area contributed by atoms with Crippen molar-refractivity contribution in [2.45, 2.75) is 45.2 Å². The first-order valence-electron chi connectivity index (χ1n) is 5.84. The Hall–Kier alpha value is -1.11. The Morgan fingerprint density at radius 2 is 1.83 bits per heavy atom. The van der Waals surface area contributed by atoms with Crippen LogP contribution in [0.15, 0.2) is 12.3 Å². The highest BCUT2D eigenvalue weighted by Crippen LogP contribution is 2.45. The third kappa shape index (κ3) is 2.11. The van der Waals surface area contributed by atoms with Gasteiger partial charge in [0.1, 0.15) is 13.7 Å². The molecule has 2 radical (unpaired) electrons. The summed E-state index contributed by atoms with van der Waals surface area (Å²) in [6.45, 7) is 7.95. The minimum atomic E-state index is -0.531. The van der Waals surface area contributed by atoms with Crippen LogP contribution in [-0.2, 0) is 9.47 Å². The number of hydrogen-bond acceptors (Lipinski definition) is 5. The van der Waals surface area contributed by atoms with Crippen molar-refractivity contribution in [1.29, 1.82) is 0 Å². The fraction of sp³-hybridized carbons (Fsp3) is 0.583. The van der Waals surface area contributed by atoms with E-state index < -0.39 is 17.5 Å². The summed E-state index contributed by atoms with van der Waals surface area (Å²) >= 11 is 0. The number of nitrogen functional groups attached to an aromatic ring is 1. The molecule has 18 heavy (non-hydrogen) atoms. The standard InChI is InChI=1S/C12H18BN3O2/c1-11(2)12(3,4)18-10(17-11)8-5-7(13)6-15-9(8)16-14/h5-6,10H,14H2,1-4H3,(H,15,16). The molecule has 1 fully saturated rings. The summed E-state index contributed by atoms with van der Waals surface area (Å²) in [5.41, 5.74) is 2.96. The van der Waals surface area contributed by atoms with Crippen molar-refractivity contribution in [3.8, 4) is 0 Å². The molecule has 1 aliphatic heterocycles. The van der Waals surface area contributed by atoms with Gasteiger partial charge in [-0.3, -0.25) is 0 Å². The Morgan fingerprint density at radius 3 is 2.33 bits per heavy atom. The van der Waals surface area contributed by atoms with Gasteiger partial charge in [0.2, 0.25) is 0 Å². The van der Waals surface area contributed by atoms with E-state index in [-0.39, 0.29) is 0 Å². The van der Waals surface area contributed by atoms with Gasteiger partial charge < -0.3 is 14.9 Å². The van der Waals surface area contributed by atoms with Gasteiger partial charge in [-0.15, -0.1) is 0 Å². The van der Waals surface area contributed by atoms with E-state index >= 15 is 0 Å². The van der Waals surface area contributed by atoms with Crippen LogP contribution in [0.5, 0.6) is 0 Å². The average molecular weight is 247 g/mol. The van der Waals surface area contributed by atoms with Crippen LogP contribution in [0.1, 0.15) is 39.5 Å². The lowest BCUT2D eigenvalue weighted by atomic mass is 9.90. The van der Waals surface area contributed by atoms with Gasteiger partial charge >= 0.3 is 0 Å². The third-order valence-corrected chi connectivity index (χ3v) is 3.58. The van der Waals surface area contributed by atoms with Crippen molar-refractivity contribution in [1.82, 2.24) is 4.98 Å². The quantitative estimate of drug-likeness (QED) is 0.458. The van der Waals surface area contributed by atoms with Crippen LogP contribution in [0.2, 0.25) is 0 Å². The van der Waals surface area contributed by atoms with Crippen LogP contribution in [0, 0.1) is 0 Å². The molecule has 0 amide bonds. The second kappa shape index (κ2) is 4.22. The zero-order valence-electron chi connectivity index (χ0n) is 11.2. The molecule has 2 rings (SSSR count). The lowest BCUT2D eigenvalue weighted by Crippen LogP contribution is -2.41. The summed E-state index contributed by atoms with van der Waals surface area (Å²) in [5.74, 6) is 5.94. The minimum absolute atomic E-state index is 0.409. The number of nitrogens with zero attached hydrogens (tertiary/aromatic N) is 1. The molecule has 0 aromatic carbocycles. The summed E-state index contributed by atoms with van der Waals surface area (Å²) in [6, 6.07) is 1.75.